The summed E-state index contributed by atoms with van der Waals surface area (Å²) in [5, 5.41) is 11.6. The van der Waals surface area contributed by atoms with Crippen LogP contribution in [0.5, 0.6) is 0 Å². The molecule has 1 saturated heterocycles. The number of rotatable bonds is 6. The van der Waals surface area contributed by atoms with Crippen molar-refractivity contribution in [3.8, 4) is 5.69 Å². The highest BCUT2D eigenvalue weighted by molar-refractivity contribution is 9.10. The van der Waals surface area contributed by atoms with Crippen molar-refractivity contribution >= 4 is 27.5 Å². The molecule has 3 aromatic rings. The van der Waals surface area contributed by atoms with Crippen molar-refractivity contribution in [2.75, 3.05) is 38.5 Å². The molecule has 32 heavy (non-hydrogen) atoms. The number of carbonyl (C=O) groups is 1. The second kappa shape index (κ2) is 9.13. The van der Waals surface area contributed by atoms with E-state index in [1.54, 1.807) is 0 Å². The van der Waals surface area contributed by atoms with Gasteiger partial charge in [0.1, 0.15) is 0 Å². The fourth-order valence-electron chi connectivity index (χ4n) is 4.15. The van der Waals surface area contributed by atoms with Gasteiger partial charge in [0, 0.05) is 48.8 Å². The maximum atomic E-state index is 13.2. The Morgan fingerprint density at radius 3 is 2.56 bits per heavy atom. The quantitative estimate of drug-likeness (QED) is 0.562. The second-order valence-electron chi connectivity index (χ2n) is 8.72. The molecule has 7 nitrogen and oxygen atoms in total. The van der Waals surface area contributed by atoms with E-state index in [0.29, 0.717) is 11.6 Å². The molecule has 2 aromatic carbocycles. The molecular weight excluding hydrogens is 468 g/mol. The van der Waals surface area contributed by atoms with Gasteiger partial charge in [-0.3, -0.25) is 9.69 Å². The lowest BCUT2D eigenvalue weighted by Gasteiger charge is -2.32. The number of piperazine rings is 1. The number of hydrogen-bond donors (Lipinski definition) is 1. The van der Waals surface area contributed by atoms with Crippen molar-refractivity contribution in [1.82, 2.24) is 24.8 Å². The van der Waals surface area contributed by atoms with Gasteiger partial charge in [-0.25, -0.2) is 4.68 Å². The average molecular weight is 495 g/mol. The molecule has 1 N–H and O–H groups in total. The van der Waals surface area contributed by atoms with Gasteiger partial charge in [0.15, 0.2) is 5.69 Å². The summed E-state index contributed by atoms with van der Waals surface area (Å²) in [6, 6.07) is 16.0. The minimum atomic E-state index is -0.202. The summed E-state index contributed by atoms with van der Waals surface area (Å²) in [5.41, 5.74) is 4.23. The predicted molar refractivity (Wildman–Crippen MR) is 128 cm³/mol. The average Bonchev–Trinajstić information content (AvgIpc) is 3.54. The lowest BCUT2D eigenvalue weighted by atomic mass is 10.1. The number of halogens is 1. The summed E-state index contributed by atoms with van der Waals surface area (Å²) in [4.78, 5) is 18.0. The molecule has 166 valence electrons. The maximum absolute atomic E-state index is 13.2. The molecule has 2 aliphatic rings. The van der Waals surface area contributed by atoms with Crippen LogP contribution in [0.25, 0.3) is 5.69 Å². The molecule has 1 aliphatic carbocycles. The van der Waals surface area contributed by atoms with Gasteiger partial charge in [-0.2, -0.15) is 0 Å². The molecule has 0 atom stereocenters. The Morgan fingerprint density at radius 2 is 1.84 bits per heavy atom. The number of hydrogen-bond acceptors (Lipinski definition) is 5. The molecule has 1 amide bonds. The Morgan fingerprint density at radius 1 is 1.09 bits per heavy atom. The number of benzene rings is 2. The van der Waals surface area contributed by atoms with E-state index in [-0.39, 0.29) is 5.91 Å². The summed E-state index contributed by atoms with van der Waals surface area (Å²) >= 11 is 3.47. The van der Waals surface area contributed by atoms with Crippen molar-refractivity contribution < 1.29 is 4.79 Å². The standard InChI is InChI=1S/C24H27BrN6O/c1-29-11-13-30(14-12-29)16-17-3-2-4-20(15-17)26-24(32)22-23(18-5-6-18)31(28-27-22)21-9-7-19(25)8-10-21/h2-4,7-10,15,18H,5-6,11-14,16H2,1H3,(H,26,32). The highest BCUT2D eigenvalue weighted by Crippen LogP contribution is 2.42. The first-order chi connectivity index (χ1) is 15.6. The summed E-state index contributed by atoms with van der Waals surface area (Å²) in [7, 11) is 2.16. The van der Waals surface area contributed by atoms with Crippen LogP contribution in [0.1, 0.15) is 40.5 Å². The highest BCUT2D eigenvalue weighted by atomic mass is 79.9. The van der Waals surface area contributed by atoms with Crippen LogP contribution in [0, 0.1) is 0 Å². The molecule has 0 spiro atoms. The van der Waals surface area contributed by atoms with Crippen molar-refractivity contribution in [2.24, 2.45) is 0 Å². The van der Waals surface area contributed by atoms with Crippen molar-refractivity contribution in [3.63, 3.8) is 0 Å². The Kier molecular flexibility index (Phi) is 6.08. The molecule has 1 aromatic heterocycles. The number of likely N-dealkylation sites (N-methyl/N-ethyl adjacent to an activating group) is 1. The number of carbonyl (C=O) groups excluding carboxylic acids is 1. The summed E-state index contributed by atoms with van der Waals surface area (Å²) in [6.07, 6.45) is 2.12. The zero-order valence-corrected chi connectivity index (χ0v) is 19.8. The zero-order chi connectivity index (χ0) is 22.1. The summed E-state index contributed by atoms with van der Waals surface area (Å²) < 4.78 is 2.81. The lowest BCUT2D eigenvalue weighted by molar-refractivity contribution is 0.102. The number of amides is 1. The maximum Gasteiger partial charge on any atom is 0.278 e. The van der Waals surface area contributed by atoms with Gasteiger partial charge in [0.2, 0.25) is 0 Å². The van der Waals surface area contributed by atoms with Gasteiger partial charge in [-0.05, 0) is 61.9 Å². The van der Waals surface area contributed by atoms with Gasteiger partial charge in [0.25, 0.3) is 5.91 Å². The molecule has 2 heterocycles. The first-order valence-electron chi connectivity index (χ1n) is 11.1. The Labute approximate surface area is 196 Å². The number of anilines is 1. The van der Waals surface area contributed by atoms with Crippen molar-refractivity contribution in [3.05, 3.63) is 70.0 Å². The van der Waals surface area contributed by atoms with E-state index in [4.69, 9.17) is 0 Å². The fourth-order valence-corrected chi connectivity index (χ4v) is 4.41. The zero-order valence-electron chi connectivity index (χ0n) is 18.2. The van der Waals surface area contributed by atoms with Crippen LogP contribution >= 0.6 is 15.9 Å². The van der Waals surface area contributed by atoms with Crippen LogP contribution in [0.4, 0.5) is 5.69 Å². The van der Waals surface area contributed by atoms with Gasteiger partial charge in [0.05, 0.1) is 11.4 Å². The topological polar surface area (TPSA) is 66.3 Å². The lowest BCUT2D eigenvalue weighted by Crippen LogP contribution is -2.43. The van der Waals surface area contributed by atoms with Crippen molar-refractivity contribution in [2.45, 2.75) is 25.3 Å². The van der Waals surface area contributed by atoms with E-state index in [0.717, 1.165) is 67.1 Å². The molecule has 8 heteroatoms. The van der Waals surface area contributed by atoms with E-state index in [1.807, 2.05) is 41.1 Å². The van der Waals surface area contributed by atoms with E-state index in [1.165, 1.54) is 5.56 Å². The Balaban J connectivity index is 1.33. The van der Waals surface area contributed by atoms with Gasteiger partial charge in [-0.15, -0.1) is 5.10 Å². The van der Waals surface area contributed by atoms with E-state index in [9.17, 15) is 4.79 Å². The fraction of sp³-hybridized carbons (Fsp3) is 0.375. The van der Waals surface area contributed by atoms with Crippen LogP contribution < -0.4 is 5.32 Å². The molecule has 0 bridgehead atoms. The molecular formula is C24H27BrN6O. The summed E-state index contributed by atoms with van der Waals surface area (Å²) in [5.74, 6) is 0.130. The third kappa shape index (κ3) is 4.77. The molecule has 1 saturated carbocycles. The Bertz CT molecular complexity index is 1100. The number of nitrogens with zero attached hydrogens (tertiary/aromatic N) is 5. The third-order valence-corrected chi connectivity index (χ3v) is 6.67. The first-order valence-corrected chi connectivity index (χ1v) is 11.9. The molecule has 0 radical (unpaired) electrons. The van der Waals surface area contributed by atoms with Crippen LogP contribution in [-0.2, 0) is 6.54 Å². The van der Waals surface area contributed by atoms with E-state index < -0.39 is 0 Å². The monoisotopic (exact) mass is 494 g/mol. The summed E-state index contributed by atoms with van der Waals surface area (Å²) in [6.45, 7) is 5.21. The Hall–Kier alpha value is -2.55. The SMILES string of the molecule is CN1CCN(Cc2cccc(NC(=O)c3nnn(-c4ccc(Br)cc4)c3C3CC3)c2)CC1. The number of nitrogens with one attached hydrogen (secondary N) is 1. The third-order valence-electron chi connectivity index (χ3n) is 6.14. The van der Waals surface area contributed by atoms with Crippen molar-refractivity contribution in [1.29, 1.82) is 0 Å². The van der Waals surface area contributed by atoms with Crippen LogP contribution in [-0.4, -0.2) is 63.9 Å². The van der Waals surface area contributed by atoms with Gasteiger partial charge >= 0.3 is 0 Å². The molecule has 5 rings (SSSR count). The van der Waals surface area contributed by atoms with E-state index >= 15 is 0 Å². The molecule has 0 unspecified atom stereocenters. The molecule has 1 aliphatic heterocycles. The largest absolute Gasteiger partial charge is 0.321 e. The van der Waals surface area contributed by atoms with Crippen LogP contribution in [0.15, 0.2) is 53.0 Å². The normalized spacial score (nSPS) is 17.4. The molecule has 2 fully saturated rings. The minimum Gasteiger partial charge on any atom is -0.321 e. The van der Waals surface area contributed by atoms with Gasteiger partial charge < -0.3 is 10.2 Å². The van der Waals surface area contributed by atoms with Crippen LogP contribution in [0.2, 0.25) is 0 Å². The van der Waals surface area contributed by atoms with Crippen LogP contribution in [0.3, 0.4) is 0 Å². The minimum absolute atomic E-state index is 0.202. The number of aromatic nitrogens is 3. The van der Waals surface area contributed by atoms with Gasteiger partial charge in [-0.1, -0.05) is 33.3 Å². The smallest absolute Gasteiger partial charge is 0.278 e. The highest BCUT2D eigenvalue weighted by Gasteiger charge is 2.34. The predicted octanol–water partition coefficient (Wildman–Crippen LogP) is 3.91. The van der Waals surface area contributed by atoms with E-state index in [2.05, 4.69) is 60.5 Å². The first kappa shape index (κ1) is 21.3. The second-order valence-corrected chi connectivity index (χ2v) is 9.64.